The molecule has 0 nitrogen and oxygen atoms in total. The third-order valence-corrected chi connectivity index (χ3v) is 1.24. The largest absolute Gasteiger partial charge is 0.500 e. The average molecular weight is 210 g/mol. The van der Waals surface area contributed by atoms with Gasteiger partial charge in [0.25, 0.3) is 0 Å². The smallest absolute Gasteiger partial charge is 0 e. The van der Waals surface area contributed by atoms with Crippen molar-refractivity contribution in [3.05, 3.63) is 24.3 Å². The van der Waals surface area contributed by atoms with Crippen molar-refractivity contribution in [3.63, 3.8) is 0 Å². The molecule has 1 aliphatic carbocycles. The minimum atomic E-state index is 0. The van der Waals surface area contributed by atoms with E-state index in [0.29, 0.717) is 0 Å². The molecule has 53 valence electrons. The molecule has 1 heteroatoms. The van der Waals surface area contributed by atoms with Crippen LogP contribution in [0.3, 0.4) is 0 Å². The Morgan fingerprint density at radius 3 is 2.67 bits per heavy atom. The zero-order valence-electron chi connectivity index (χ0n) is 5.39. The van der Waals surface area contributed by atoms with Gasteiger partial charge in [-0.05, 0) is 6.42 Å². The molecule has 1 rings (SSSR count). The molecule has 0 atom stereocenters. The molecule has 1 radical (unpaired) electrons. The summed E-state index contributed by atoms with van der Waals surface area (Å²) in [6, 6.07) is 0. The summed E-state index contributed by atoms with van der Waals surface area (Å²) in [5.41, 5.74) is 0. The van der Waals surface area contributed by atoms with Gasteiger partial charge in [0, 0.05) is 19.5 Å². The Kier molecular flexibility index (Phi) is 6.30. The van der Waals surface area contributed by atoms with Crippen LogP contribution in [0.1, 0.15) is 25.7 Å². The van der Waals surface area contributed by atoms with Crippen LogP contribution in [0.25, 0.3) is 0 Å². The predicted molar refractivity (Wildman–Crippen MR) is 35.4 cm³/mol. The van der Waals surface area contributed by atoms with Crippen molar-refractivity contribution >= 4 is 0 Å². The predicted octanol–water partition coefficient (Wildman–Crippen LogP) is 2.47. The summed E-state index contributed by atoms with van der Waals surface area (Å²) >= 11 is 0. The van der Waals surface area contributed by atoms with Gasteiger partial charge in [-0.2, -0.15) is 6.42 Å². The van der Waals surface area contributed by atoms with Gasteiger partial charge in [0.15, 0.2) is 0 Å². The van der Waals surface area contributed by atoms with Crippen LogP contribution in [0.15, 0.2) is 18.2 Å². The zero-order chi connectivity index (χ0) is 5.66. The molecule has 1 aliphatic rings. The van der Waals surface area contributed by atoms with Gasteiger partial charge in [0.2, 0.25) is 0 Å². The second-order valence-corrected chi connectivity index (χ2v) is 2.00. The van der Waals surface area contributed by atoms with Gasteiger partial charge < -0.3 is 6.08 Å². The summed E-state index contributed by atoms with van der Waals surface area (Å²) in [5.74, 6) is 0. The van der Waals surface area contributed by atoms with Crippen molar-refractivity contribution < 1.29 is 19.5 Å². The summed E-state index contributed by atoms with van der Waals surface area (Å²) in [5, 5.41) is 0. The Balaban J connectivity index is 0.000000640. The number of rotatable bonds is 0. The van der Waals surface area contributed by atoms with Crippen molar-refractivity contribution in [2.24, 2.45) is 0 Å². The molecule has 0 fully saturated rings. The van der Waals surface area contributed by atoms with E-state index in [4.69, 9.17) is 0 Å². The normalized spacial score (nSPS) is 17.8. The van der Waals surface area contributed by atoms with Gasteiger partial charge in [0.05, 0.1) is 0 Å². The van der Waals surface area contributed by atoms with Crippen molar-refractivity contribution in [1.29, 1.82) is 0 Å². The minimum Gasteiger partial charge on any atom is -0.500 e. The Morgan fingerprint density at radius 1 is 1.00 bits per heavy atom. The SMILES string of the molecule is [C-]1=CCCC=CCC1.[Rh]. The Bertz CT molecular complexity index is 77.1. The van der Waals surface area contributed by atoms with E-state index < -0.39 is 0 Å². The summed E-state index contributed by atoms with van der Waals surface area (Å²) in [6.45, 7) is 0. The summed E-state index contributed by atoms with van der Waals surface area (Å²) in [7, 11) is 0. The van der Waals surface area contributed by atoms with Crippen LogP contribution in [-0.2, 0) is 19.5 Å². The Labute approximate surface area is 69.8 Å². The van der Waals surface area contributed by atoms with Gasteiger partial charge in [-0.15, -0.1) is 0 Å². The van der Waals surface area contributed by atoms with E-state index >= 15 is 0 Å². The molecule has 0 aromatic rings. The minimum absolute atomic E-state index is 0. The molecular weight excluding hydrogens is 199 g/mol. The maximum Gasteiger partial charge on any atom is 0 e. The fourth-order valence-electron chi connectivity index (χ4n) is 0.786. The molecule has 9 heavy (non-hydrogen) atoms. The summed E-state index contributed by atoms with van der Waals surface area (Å²) in [4.78, 5) is 0. The van der Waals surface area contributed by atoms with Crippen LogP contribution in [0, 0.1) is 6.08 Å². The van der Waals surface area contributed by atoms with Crippen LogP contribution in [-0.4, -0.2) is 0 Å². The third-order valence-electron chi connectivity index (χ3n) is 1.24. The van der Waals surface area contributed by atoms with Gasteiger partial charge in [0.1, 0.15) is 0 Å². The first-order valence-electron chi connectivity index (χ1n) is 3.20. The molecule has 0 saturated heterocycles. The average Bonchev–Trinajstić information content (AvgIpc) is 1.62. The van der Waals surface area contributed by atoms with E-state index in [1.165, 1.54) is 19.3 Å². The van der Waals surface area contributed by atoms with Crippen molar-refractivity contribution in [3.8, 4) is 0 Å². The first-order valence-corrected chi connectivity index (χ1v) is 3.20. The number of hydrogen-bond acceptors (Lipinski definition) is 0. The van der Waals surface area contributed by atoms with Crippen LogP contribution < -0.4 is 0 Å². The molecule has 0 aromatic heterocycles. The second kappa shape index (κ2) is 6.23. The zero-order valence-corrected chi connectivity index (χ0v) is 7.03. The van der Waals surface area contributed by atoms with Crippen LogP contribution in [0.5, 0.6) is 0 Å². The van der Waals surface area contributed by atoms with Crippen LogP contribution >= 0.6 is 0 Å². The molecular formula is C8H11Rh-. The number of allylic oxidation sites excluding steroid dienone is 4. The second-order valence-electron chi connectivity index (χ2n) is 2.00. The van der Waals surface area contributed by atoms with E-state index in [-0.39, 0.29) is 19.5 Å². The Morgan fingerprint density at radius 2 is 1.78 bits per heavy atom. The molecule has 0 saturated carbocycles. The monoisotopic (exact) mass is 210 g/mol. The molecule has 0 heterocycles. The molecule has 0 unspecified atom stereocenters. The van der Waals surface area contributed by atoms with Crippen molar-refractivity contribution in [1.82, 2.24) is 0 Å². The van der Waals surface area contributed by atoms with E-state index in [1.54, 1.807) is 0 Å². The molecule has 0 spiro atoms. The van der Waals surface area contributed by atoms with E-state index in [2.05, 4.69) is 24.3 Å². The van der Waals surface area contributed by atoms with Gasteiger partial charge in [-0.3, -0.25) is 6.08 Å². The summed E-state index contributed by atoms with van der Waals surface area (Å²) in [6.07, 6.45) is 14.5. The molecule has 0 aromatic carbocycles. The van der Waals surface area contributed by atoms with E-state index in [0.717, 1.165) is 6.42 Å². The van der Waals surface area contributed by atoms with Gasteiger partial charge in [-0.25, -0.2) is 0 Å². The van der Waals surface area contributed by atoms with Crippen molar-refractivity contribution in [2.75, 3.05) is 0 Å². The molecule has 0 aliphatic heterocycles. The number of hydrogen-bond donors (Lipinski definition) is 0. The van der Waals surface area contributed by atoms with Crippen LogP contribution in [0.4, 0.5) is 0 Å². The third kappa shape index (κ3) is 4.60. The first-order chi connectivity index (χ1) is 4.00. The summed E-state index contributed by atoms with van der Waals surface area (Å²) < 4.78 is 0. The topological polar surface area (TPSA) is 0 Å². The van der Waals surface area contributed by atoms with Crippen molar-refractivity contribution in [2.45, 2.75) is 25.7 Å². The molecule has 0 N–H and O–H groups in total. The van der Waals surface area contributed by atoms with E-state index in [1.807, 2.05) is 0 Å². The van der Waals surface area contributed by atoms with Gasteiger partial charge >= 0.3 is 0 Å². The maximum absolute atomic E-state index is 3.21. The molecule has 0 amide bonds. The van der Waals surface area contributed by atoms with Gasteiger partial charge in [-0.1, -0.05) is 25.0 Å². The maximum atomic E-state index is 3.21. The fraction of sp³-hybridized carbons (Fsp3) is 0.500. The molecule has 0 bridgehead atoms. The fourth-order valence-corrected chi connectivity index (χ4v) is 0.786. The first kappa shape index (κ1) is 9.10. The Hall–Kier alpha value is 0.103. The van der Waals surface area contributed by atoms with E-state index in [9.17, 15) is 0 Å². The standard InChI is InChI=1S/C8H11.Rh/c1-2-4-6-8-7-5-3-1;/h1-2,7H,3-6H2;/q-1;. The quantitative estimate of drug-likeness (QED) is 0.327. The van der Waals surface area contributed by atoms with Crippen LogP contribution in [0.2, 0.25) is 0 Å².